The lowest BCUT2D eigenvalue weighted by Gasteiger charge is -2.08. The summed E-state index contributed by atoms with van der Waals surface area (Å²) in [5.74, 6) is 0.533. The molecule has 0 bridgehead atoms. The largest absolute Gasteiger partial charge is 0.458 e. The molecule has 0 aliphatic carbocycles. The van der Waals surface area contributed by atoms with Crippen LogP contribution in [0.25, 0.3) is 27.9 Å². The Kier molecular flexibility index (Phi) is 3.53. The van der Waals surface area contributed by atoms with Crippen molar-refractivity contribution in [2.45, 2.75) is 6.61 Å². The van der Waals surface area contributed by atoms with Crippen LogP contribution in [-0.2, 0) is 13.7 Å². The van der Waals surface area contributed by atoms with Gasteiger partial charge in [-0.2, -0.15) is 4.98 Å². The van der Waals surface area contributed by atoms with E-state index in [1.807, 2.05) is 60.7 Å². The van der Waals surface area contributed by atoms with E-state index in [-0.39, 0.29) is 0 Å². The van der Waals surface area contributed by atoms with E-state index in [0.717, 1.165) is 27.6 Å². The molecule has 2 aromatic carbocycles. The number of aryl methyl sites for hydroxylation is 1. The van der Waals surface area contributed by atoms with Gasteiger partial charge in [0.2, 0.25) is 0 Å². The number of hydrogen-bond acceptors (Lipinski definition) is 6. The summed E-state index contributed by atoms with van der Waals surface area (Å²) in [5.41, 5.74) is 3.44. The van der Waals surface area contributed by atoms with Crippen molar-refractivity contribution in [3.8, 4) is 12.0 Å². The molecule has 0 aliphatic rings. The second-order valence-electron chi connectivity index (χ2n) is 6.10. The molecule has 0 spiro atoms. The first-order valence-electron chi connectivity index (χ1n) is 8.47. The fourth-order valence-corrected chi connectivity index (χ4v) is 3.04. The maximum atomic E-state index is 6.02. The van der Waals surface area contributed by atoms with Crippen LogP contribution in [0.1, 0.15) is 5.69 Å². The molecule has 0 saturated carbocycles. The summed E-state index contributed by atoms with van der Waals surface area (Å²) in [6.45, 7) is 0.291. The Labute approximate surface area is 154 Å². The van der Waals surface area contributed by atoms with E-state index < -0.39 is 0 Å². The number of para-hydroxylation sites is 3. The number of ether oxygens (including phenoxy) is 1. The fourth-order valence-electron chi connectivity index (χ4n) is 3.04. The van der Waals surface area contributed by atoms with E-state index in [0.29, 0.717) is 18.6 Å². The Morgan fingerprint density at radius 3 is 2.56 bits per heavy atom. The molecule has 3 heterocycles. The maximum Gasteiger partial charge on any atom is 0.305 e. The van der Waals surface area contributed by atoms with Gasteiger partial charge in [-0.15, -0.1) is 0 Å². The minimum absolute atomic E-state index is 0.291. The first-order valence-corrected chi connectivity index (χ1v) is 8.47. The molecular formula is C19H15N7O. The van der Waals surface area contributed by atoms with Crippen LogP contribution in [-0.4, -0.2) is 34.7 Å². The number of aromatic nitrogens is 7. The number of benzene rings is 2. The molecule has 0 aliphatic heterocycles. The third-order valence-electron chi connectivity index (χ3n) is 4.33. The second-order valence-corrected chi connectivity index (χ2v) is 6.10. The van der Waals surface area contributed by atoms with E-state index in [1.54, 1.807) is 16.3 Å². The summed E-state index contributed by atoms with van der Waals surface area (Å²) in [6, 6.07) is 20.2. The van der Waals surface area contributed by atoms with Gasteiger partial charge in [-0.05, 0) is 34.7 Å². The molecule has 27 heavy (non-hydrogen) atoms. The smallest absolute Gasteiger partial charge is 0.305 e. The van der Waals surface area contributed by atoms with Crippen molar-refractivity contribution in [3.05, 3.63) is 66.4 Å². The molecule has 8 nitrogen and oxygen atoms in total. The van der Waals surface area contributed by atoms with Gasteiger partial charge in [0.05, 0.1) is 22.2 Å². The van der Waals surface area contributed by atoms with E-state index in [9.17, 15) is 0 Å². The van der Waals surface area contributed by atoms with Crippen molar-refractivity contribution in [1.29, 1.82) is 0 Å². The predicted octanol–water partition coefficient (Wildman–Crippen LogP) is 2.68. The molecule has 0 amide bonds. The zero-order valence-corrected chi connectivity index (χ0v) is 14.5. The van der Waals surface area contributed by atoms with Gasteiger partial charge >= 0.3 is 6.01 Å². The molecule has 3 aromatic heterocycles. The van der Waals surface area contributed by atoms with E-state index >= 15 is 0 Å². The molecule has 0 fully saturated rings. The summed E-state index contributed by atoms with van der Waals surface area (Å²) in [6.07, 6.45) is 0. The van der Waals surface area contributed by atoms with Crippen LogP contribution in [0, 0.1) is 0 Å². The van der Waals surface area contributed by atoms with Crippen LogP contribution < -0.4 is 4.74 Å². The molecule has 5 rings (SSSR count). The average molecular weight is 357 g/mol. The fraction of sp³-hybridized carbons (Fsp3) is 0.105. The Morgan fingerprint density at radius 1 is 0.889 bits per heavy atom. The highest BCUT2D eigenvalue weighted by molar-refractivity contribution is 5.79. The molecule has 5 aromatic rings. The number of hydrogen-bond donors (Lipinski definition) is 0. The lowest BCUT2D eigenvalue weighted by Crippen LogP contribution is -2.08. The van der Waals surface area contributed by atoms with Crippen molar-refractivity contribution >= 4 is 21.9 Å². The number of imidazole rings is 1. The number of rotatable bonds is 4. The highest BCUT2D eigenvalue weighted by atomic mass is 16.5. The summed E-state index contributed by atoms with van der Waals surface area (Å²) < 4.78 is 9.40. The van der Waals surface area contributed by atoms with Crippen molar-refractivity contribution < 1.29 is 4.74 Å². The Balaban J connectivity index is 1.53. The third-order valence-corrected chi connectivity index (χ3v) is 4.33. The number of nitrogens with zero attached hydrogens (tertiary/aromatic N) is 7. The standard InChI is InChI=1S/C19H15N7O/c1-25-18(22-23-24-25)26-17-9-5-4-8-16(17)21-19(26)27-12-14-11-10-13-6-2-3-7-15(13)20-14/h2-11H,12H2,1H3. The van der Waals surface area contributed by atoms with Crippen LogP contribution in [0.15, 0.2) is 60.7 Å². The maximum absolute atomic E-state index is 6.02. The van der Waals surface area contributed by atoms with Gasteiger partial charge in [0.25, 0.3) is 5.95 Å². The van der Waals surface area contributed by atoms with Crippen LogP contribution >= 0.6 is 0 Å². The molecule has 0 saturated heterocycles. The summed E-state index contributed by atoms with van der Waals surface area (Å²) >= 11 is 0. The van der Waals surface area contributed by atoms with E-state index in [2.05, 4.69) is 25.5 Å². The lowest BCUT2D eigenvalue weighted by molar-refractivity contribution is 0.272. The third kappa shape index (κ3) is 2.67. The summed E-state index contributed by atoms with van der Waals surface area (Å²) in [7, 11) is 1.78. The SMILES string of the molecule is Cn1nnnc1-n1c(OCc2ccc3ccccc3n2)nc2ccccc21. The Morgan fingerprint density at radius 2 is 1.70 bits per heavy atom. The molecular weight excluding hydrogens is 342 g/mol. The van der Waals surface area contributed by atoms with E-state index in [4.69, 9.17) is 4.74 Å². The first-order chi connectivity index (χ1) is 13.3. The number of tetrazole rings is 1. The predicted molar refractivity (Wildman–Crippen MR) is 99.5 cm³/mol. The van der Waals surface area contributed by atoms with Crippen LogP contribution in [0.2, 0.25) is 0 Å². The molecule has 0 atom stereocenters. The van der Waals surface area contributed by atoms with Crippen molar-refractivity contribution in [1.82, 2.24) is 34.7 Å². The monoisotopic (exact) mass is 357 g/mol. The quantitative estimate of drug-likeness (QED) is 0.492. The minimum Gasteiger partial charge on any atom is -0.458 e. The normalized spacial score (nSPS) is 11.3. The van der Waals surface area contributed by atoms with Crippen molar-refractivity contribution in [2.75, 3.05) is 0 Å². The topological polar surface area (TPSA) is 83.5 Å². The van der Waals surface area contributed by atoms with Gasteiger partial charge in [-0.25, -0.2) is 14.2 Å². The number of fused-ring (bicyclic) bond motifs is 2. The Hall–Kier alpha value is -3.81. The number of pyridine rings is 1. The zero-order chi connectivity index (χ0) is 18.2. The lowest BCUT2D eigenvalue weighted by atomic mass is 10.2. The molecule has 132 valence electrons. The minimum atomic E-state index is 0.291. The van der Waals surface area contributed by atoms with Crippen LogP contribution in [0.3, 0.4) is 0 Å². The average Bonchev–Trinajstić information content (AvgIpc) is 3.28. The van der Waals surface area contributed by atoms with Gasteiger partial charge in [0.1, 0.15) is 6.61 Å². The molecule has 8 heteroatoms. The van der Waals surface area contributed by atoms with E-state index in [1.165, 1.54) is 0 Å². The van der Waals surface area contributed by atoms with Gasteiger partial charge < -0.3 is 4.74 Å². The first kappa shape index (κ1) is 15.4. The molecule has 0 N–H and O–H groups in total. The molecule has 0 radical (unpaired) electrons. The van der Waals surface area contributed by atoms with Gasteiger partial charge in [-0.3, -0.25) is 0 Å². The van der Waals surface area contributed by atoms with Crippen molar-refractivity contribution in [2.24, 2.45) is 7.05 Å². The second kappa shape index (κ2) is 6.17. The van der Waals surface area contributed by atoms with Gasteiger partial charge in [0.15, 0.2) is 0 Å². The Bertz CT molecular complexity index is 1260. The van der Waals surface area contributed by atoms with Crippen LogP contribution in [0.4, 0.5) is 0 Å². The van der Waals surface area contributed by atoms with Crippen LogP contribution in [0.5, 0.6) is 6.01 Å². The summed E-state index contributed by atoms with van der Waals surface area (Å²) in [4.78, 5) is 9.24. The molecule has 0 unspecified atom stereocenters. The van der Waals surface area contributed by atoms with Gasteiger partial charge in [-0.1, -0.05) is 41.5 Å². The summed E-state index contributed by atoms with van der Waals surface area (Å²) in [5, 5.41) is 12.8. The van der Waals surface area contributed by atoms with Crippen molar-refractivity contribution in [3.63, 3.8) is 0 Å². The highest BCUT2D eigenvalue weighted by Crippen LogP contribution is 2.25. The zero-order valence-electron chi connectivity index (χ0n) is 14.5. The highest BCUT2D eigenvalue weighted by Gasteiger charge is 2.18. The van der Waals surface area contributed by atoms with Gasteiger partial charge in [0, 0.05) is 12.4 Å².